The third-order valence-corrected chi connectivity index (χ3v) is 2.80. The Morgan fingerprint density at radius 1 is 1.31 bits per heavy atom. The van der Waals surface area contributed by atoms with Gasteiger partial charge >= 0.3 is 0 Å². The first kappa shape index (κ1) is 11.1. The van der Waals surface area contributed by atoms with Gasteiger partial charge in [0.05, 0.1) is 0 Å². The Morgan fingerprint density at radius 3 is 2.75 bits per heavy atom. The smallest absolute Gasteiger partial charge is 0.224 e. The standard InChI is InChI=1S/C11H19N5/c1-3-12-11-13-5-4-10(14-11)16-8-6-15(2)7-9-16/h4-5H,3,6-9H2,1-2H3,(H,12,13,14). The maximum absolute atomic E-state index is 4.50. The second-order valence-corrected chi connectivity index (χ2v) is 4.06. The van der Waals surface area contributed by atoms with Crippen molar-refractivity contribution >= 4 is 11.8 Å². The molecule has 0 amide bonds. The second kappa shape index (κ2) is 5.12. The van der Waals surface area contributed by atoms with Gasteiger partial charge in [0.25, 0.3) is 0 Å². The predicted molar refractivity (Wildman–Crippen MR) is 65.9 cm³/mol. The average molecular weight is 221 g/mol. The zero-order chi connectivity index (χ0) is 11.4. The summed E-state index contributed by atoms with van der Waals surface area (Å²) in [6, 6.07) is 1.98. The van der Waals surface area contributed by atoms with Crippen molar-refractivity contribution in [2.45, 2.75) is 6.92 Å². The molecule has 0 radical (unpaired) electrons. The van der Waals surface area contributed by atoms with E-state index in [1.165, 1.54) is 0 Å². The molecule has 2 rings (SSSR count). The molecule has 88 valence electrons. The topological polar surface area (TPSA) is 44.3 Å². The summed E-state index contributed by atoms with van der Waals surface area (Å²) in [7, 11) is 2.15. The van der Waals surface area contributed by atoms with Crippen LogP contribution in [0.5, 0.6) is 0 Å². The van der Waals surface area contributed by atoms with E-state index in [-0.39, 0.29) is 0 Å². The van der Waals surface area contributed by atoms with Crippen LogP contribution in [0.1, 0.15) is 6.92 Å². The summed E-state index contributed by atoms with van der Waals surface area (Å²) < 4.78 is 0. The van der Waals surface area contributed by atoms with Crippen LogP contribution >= 0.6 is 0 Å². The van der Waals surface area contributed by atoms with Crippen molar-refractivity contribution in [1.29, 1.82) is 0 Å². The van der Waals surface area contributed by atoms with Gasteiger partial charge in [-0.2, -0.15) is 4.98 Å². The van der Waals surface area contributed by atoms with E-state index in [1.54, 1.807) is 0 Å². The minimum absolute atomic E-state index is 0.721. The van der Waals surface area contributed by atoms with Crippen molar-refractivity contribution in [2.75, 3.05) is 50.0 Å². The van der Waals surface area contributed by atoms with Gasteiger partial charge < -0.3 is 15.1 Å². The van der Waals surface area contributed by atoms with Crippen LogP contribution in [-0.4, -0.2) is 54.6 Å². The lowest BCUT2D eigenvalue weighted by Gasteiger charge is -2.33. The second-order valence-electron chi connectivity index (χ2n) is 4.06. The largest absolute Gasteiger partial charge is 0.354 e. The highest BCUT2D eigenvalue weighted by Crippen LogP contribution is 2.13. The number of anilines is 2. The summed E-state index contributed by atoms with van der Waals surface area (Å²) in [6.45, 7) is 7.18. The van der Waals surface area contributed by atoms with Crippen LogP contribution in [0.4, 0.5) is 11.8 Å². The quantitative estimate of drug-likeness (QED) is 0.812. The molecule has 1 aromatic heterocycles. The first-order valence-electron chi connectivity index (χ1n) is 5.80. The molecule has 5 heteroatoms. The molecule has 1 aromatic rings. The van der Waals surface area contributed by atoms with E-state index in [0.29, 0.717) is 0 Å². The van der Waals surface area contributed by atoms with Crippen molar-refractivity contribution in [3.63, 3.8) is 0 Å². The Hall–Kier alpha value is -1.36. The van der Waals surface area contributed by atoms with Crippen LogP contribution in [0.3, 0.4) is 0 Å². The number of rotatable bonds is 3. The van der Waals surface area contributed by atoms with Crippen molar-refractivity contribution in [3.05, 3.63) is 12.3 Å². The summed E-state index contributed by atoms with van der Waals surface area (Å²) >= 11 is 0. The minimum Gasteiger partial charge on any atom is -0.354 e. The summed E-state index contributed by atoms with van der Waals surface area (Å²) in [5.74, 6) is 1.75. The van der Waals surface area contributed by atoms with Crippen LogP contribution < -0.4 is 10.2 Å². The molecule has 0 saturated carbocycles. The molecular weight excluding hydrogens is 202 g/mol. The van der Waals surface area contributed by atoms with E-state index < -0.39 is 0 Å². The first-order chi connectivity index (χ1) is 7.79. The molecular formula is C11H19N5. The average Bonchev–Trinajstić information content (AvgIpc) is 2.31. The fourth-order valence-electron chi connectivity index (χ4n) is 1.80. The van der Waals surface area contributed by atoms with Crippen LogP contribution in [0.15, 0.2) is 12.3 Å². The molecule has 0 bridgehead atoms. The lowest BCUT2D eigenvalue weighted by molar-refractivity contribution is 0.312. The van der Waals surface area contributed by atoms with E-state index in [0.717, 1.165) is 44.5 Å². The number of nitrogens with zero attached hydrogens (tertiary/aromatic N) is 4. The number of hydrogen-bond acceptors (Lipinski definition) is 5. The third kappa shape index (κ3) is 2.61. The molecule has 0 aliphatic carbocycles. The summed E-state index contributed by atoms with van der Waals surface area (Å²) in [6.07, 6.45) is 1.82. The normalized spacial score (nSPS) is 17.5. The van der Waals surface area contributed by atoms with Crippen LogP contribution in [0, 0.1) is 0 Å². The van der Waals surface area contributed by atoms with Crippen LogP contribution in [0.25, 0.3) is 0 Å². The van der Waals surface area contributed by atoms with Gasteiger partial charge in [-0.1, -0.05) is 0 Å². The molecule has 2 heterocycles. The maximum Gasteiger partial charge on any atom is 0.224 e. The van der Waals surface area contributed by atoms with Crippen molar-refractivity contribution in [1.82, 2.24) is 14.9 Å². The molecule has 1 aliphatic heterocycles. The zero-order valence-corrected chi connectivity index (χ0v) is 9.98. The summed E-state index contributed by atoms with van der Waals surface area (Å²) in [5, 5.41) is 3.14. The highest BCUT2D eigenvalue weighted by atomic mass is 15.3. The van der Waals surface area contributed by atoms with Crippen molar-refractivity contribution in [2.24, 2.45) is 0 Å². The monoisotopic (exact) mass is 221 g/mol. The van der Waals surface area contributed by atoms with Gasteiger partial charge in [-0.3, -0.25) is 0 Å². The Kier molecular flexibility index (Phi) is 3.56. The van der Waals surface area contributed by atoms with Gasteiger partial charge in [0.1, 0.15) is 5.82 Å². The molecule has 5 nitrogen and oxygen atoms in total. The Bertz CT molecular complexity index is 333. The maximum atomic E-state index is 4.50. The molecule has 1 saturated heterocycles. The third-order valence-electron chi connectivity index (χ3n) is 2.80. The Morgan fingerprint density at radius 2 is 2.06 bits per heavy atom. The van der Waals surface area contributed by atoms with E-state index in [1.807, 2.05) is 19.2 Å². The predicted octanol–water partition coefficient (Wildman–Crippen LogP) is 0.660. The molecule has 16 heavy (non-hydrogen) atoms. The van der Waals surface area contributed by atoms with Gasteiger partial charge in [-0.05, 0) is 20.0 Å². The fraction of sp³-hybridized carbons (Fsp3) is 0.636. The van der Waals surface area contributed by atoms with Crippen molar-refractivity contribution < 1.29 is 0 Å². The van der Waals surface area contributed by atoms with Gasteiger partial charge in [-0.25, -0.2) is 4.98 Å². The number of nitrogens with one attached hydrogen (secondary N) is 1. The van der Waals surface area contributed by atoms with E-state index >= 15 is 0 Å². The van der Waals surface area contributed by atoms with Crippen molar-refractivity contribution in [3.8, 4) is 0 Å². The van der Waals surface area contributed by atoms with E-state index in [4.69, 9.17) is 0 Å². The zero-order valence-electron chi connectivity index (χ0n) is 9.98. The molecule has 0 atom stereocenters. The van der Waals surface area contributed by atoms with Gasteiger partial charge in [0.2, 0.25) is 5.95 Å². The Labute approximate surface area is 96.5 Å². The first-order valence-corrected chi connectivity index (χ1v) is 5.80. The Balaban J connectivity index is 2.05. The number of piperazine rings is 1. The molecule has 1 fully saturated rings. The highest BCUT2D eigenvalue weighted by molar-refractivity contribution is 5.42. The molecule has 0 unspecified atom stereocenters. The molecule has 0 aromatic carbocycles. The lowest BCUT2D eigenvalue weighted by Crippen LogP contribution is -2.44. The summed E-state index contributed by atoms with van der Waals surface area (Å²) in [4.78, 5) is 13.3. The van der Waals surface area contributed by atoms with E-state index in [2.05, 4.69) is 32.1 Å². The molecule has 1 N–H and O–H groups in total. The van der Waals surface area contributed by atoms with Crippen LogP contribution in [0.2, 0.25) is 0 Å². The number of aromatic nitrogens is 2. The molecule has 1 aliphatic rings. The SMILES string of the molecule is CCNc1nccc(N2CCN(C)CC2)n1. The van der Waals surface area contributed by atoms with Crippen LogP contribution in [-0.2, 0) is 0 Å². The molecule has 0 spiro atoms. The number of likely N-dealkylation sites (N-methyl/N-ethyl adjacent to an activating group) is 1. The highest BCUT2D eigenvalue weighted by Gasteiger charge is 2.15. The minimum atomic E-state index is 0.721. The van der Waals surface area contributed by atoms with Gasteiger partial charge in [-0.15, -0.1) is 0 Å². The number of hydrogen-bond donors (Lipinski definition) is 1. The van der Waals surface area contributed by atoms with Gasteiger partial charge in [0.15, 0.2) is 0 Å². The fourth-order valence-corrected chi connectivity index (χ4v) is 1.80. The summed E-state index contributed by atoms with van der Waals surface area (Å²) in [5.41, 5.74) is 0. The van der Waals surface area contributed by atoms with E-state index in [9.17, 15) is 0 Å². The van der Waals surface area contributed by atoms with Gasteiger partial charge in [0, 0.05) is 38.9 Å². The lowest BCUT2D eigenvalue weighted by atomic mass is 10.3.